The molecule has 1 aliphatic heterocycles. The highest BCUT2D eigenvalue weighted by molar-refractivity contribution is 7.99. The second-order valence-electron chi connectivity index (χ2n) is 8.72. The van der Waals surface area contributed by atoms with E-state index in [1.807, 2.05) is 13.8 Å². The summed E-state index contributed by atoms with van der Waals surface area (Å²) in [5, 5.41) is 0.948. The van der Waals surface area contributed by atoms with E-state index in [0.29, 0.717) is 28.5 Å². The molecule has 33 heavy (non-hydrogen) atoms. The molecule has 1 amide bonds. The van der Waals surface area contributed by atoms with E-state index >= 15 is 0 Å². The Morgan fingerprint density at radius 2 is 1.94 bits per heavy atom. The van der Waals surface area contributed by atoms with E-state index in [4.69, 9.17) is 9.72 Å². The SMILES string of the molecule is C[C@H]1CN(C(=O)CSc2nc3sc4c(c3c(=O)n2-c2ccccc2F)CCCC4)C[C@H](C)O1. The van der Waals surface area contributed by atoms with Crippen LogP contribution in [0.5, 0.6) is 0 Å². The minimum absolute atomic E-state index is 0.0220. The van der Waals surface area contributed by atoms with Crippen LogP contribution in [-0.4, -0.2) is 51.4 Å². The summed E-state index contributed by atoms with van der Waals surface area (Å²) in [6.07, 6.45) is 3.90. The normalized spacial score (nSPS) is 20.8. The second-order valence-corrected chi connectivity index (χ2v) is 10.7. The molecule has 0 unspecified atom stereocenters. The molecule has 6 nitrogen and oxygen atoms in total. The molecule has 0 radical (unpaired) electrons. The number of amides is 1. The number of carbonyl (C=O) groups excluding carboxylic acids is 1. The van der Waals surface area contributed by atoms with Crippen LogP contribution >= 0.6 is 23.1 Å². The number of ether oxygens (including phenoxy) is 1. The van der Waals surface area contributed by atoms with E-state index in [9.17, 15) is 14.0 Å². The summed E-state index contributed by atoms with van der Waals surface area (Å²) in [5.41, 5.74) is 0.969. The van der Waals surface area contributed by atoms with Crippen LogP contribution in [0.4, 0.5) is 4.39 Å². The van der Waals surface area contributed by atoms with Gasteiger partial charge in [-0.25, -0.2) is 9.37 Å². The number of morpholine rings is 1. The summed E-state index contributed by atoms with van der Waals surface area (Å²) in [6, 6.07) is 6.22. The maximum Gasteiger partial charge on any atom is 0.267 e. The summed E-state index contributed by atoms with van der Waals surface area (Å²) < 4.78 is 21.9. The summed E-state index contributed by atoms with van der Waals surface area (Å²) in [5.74, 6) is -0.410. The maximum absolute atomic E-state index is 14.8. The van der Waals surface area contributed by atoms with Crippen molar-refractivity contribution >= 4 is 39.2 Å². The number of carbonyl (C=O) groups is 1. The number of aromatic nitrogens is 2. The third-order valence-corrected chi connectivity index (χ3v) is 8.26. The van der Waals surface area contributed by atoms with Gasteiger partial charge in [0.15, 0.2) is 5.16 Å². The molecule has 5 rings (SSSR count). The van der Waals surface area contributed by atoms with Crippen molar-refractivity contribution in [3.8, 4) is 5.69 Å². The predicted molar refractivity (Wildman–Crippen MR) is 129 cm³/mol. The van der Waals surface area contributed by atoms with E-state index in [0.717, 1.165) is 31.2 Å². The first-order valence-corrected chi connectivity index (χ1v) is 13.1. The first-order chi connectivity index (χ1) is 15.9. The molecule has 174 valence electrons. The van der Waals surface area contributed by atoms with E-state index in [2.05, 4.69) is 0 Å². The fourth-order valence-electron chi connectivity index (χ4n) is 4.73. The Bertz CT molecular complexity index is 1260. The van der Waals surface area contributed by atoms with Crippen LogP contribution < -0.4 is 5.56 Å². The number of aryl methyl sites for hydroxylation is 2. The van der Waals surface area contributed by atoms with Gasteiger partial charge in [0, 0.05) is 18.0 Å². The molecule has 2 atom stereocenters. The van der Waals surface area contributed by atoms with Gasteiger partial charge >= 0.3 is 0 Å². The van der Waals surface area contributed by atoms with Gasteiger partial charge in [0.1, 0.15) is 10.6 Å². The molecule has 0 bridgehead atoms. The highest BCUT2D eigenvalue weighted by atomic mass is 32.2. The standard InChI is InChI=1S/C24H26FN3O3S2/c1-14-11-27(12-15(2)31-14)20(29)13-32-24-26-22-21(16-7-3-6-10-19(16)33-22)23(30)28(24)18-9-5-4-8-17(18)25/h4-5,8-9,14-15H,3,6-7,10-13H2,1-2H3/t14-,15-/m0/s1. The van der Waals surface area contributed by atoms with Crippen molar-refractivity contribution in [3.05, 3.63) is 50.9 Å². The molecular weight excluding hydrogens is 461 g/mol. The Kier molecular flexibility index (Phi) is 6.28. The highest BCUT2D eigenvalue weighted by Crippen LogP contribution is 2.35. The van der Waals surface area contributed by atoms with Gasteiger partial charge in [-0.3, -0.25) is 14.2 Å². The number of thiophene rings is 1. The van der Waals surface area contributed by atoms with E-state index in [1.54, 1.807) is 34.4 Å². The third-order valence-electron chi connectivity index (χ3n) is 6.15. The number of para-hydroxylation sites is 1. The molecule has 0 N–H and O–H groups in total. The van der Waals surface area contributed by atoms with E-state index in [-0.39, 0.29) is 35.1 Å². The smallest absolute Gasteiger partial charge is 0.267 e. The molecule has 2 aliphatic rings. The van der Waals surface area contributed by atoms with Gasteiger partial charge in [0.25, 0.3) is 5.56 Å². The number of thioether (sulfide) groups is 1. The van der Waals surface area contributed by atoms with Crippen molar-refractivity contribution in [2.45, 2.75) is 56.9 Å². The molecule has 9 heteroatoms. The lowest BCUT2D eigenvalue weighted by molar-refractivity contribution is -0.140. The predicted octanol–water partition coefficient (Wildman–Crippen LogP) is 4.19. The molecule has 2 aromatic heterocycles. The first-order valence-electron chi connectivity index (χ1n) is 11.3. The minimum Gasteiger partial charge on any atom is -0.372 e. The molecule has 1 aliphatic carbocycles. The van der Waals surface area contributed by atoms with Crippen molar-refractivity contribution in [2.24, 2.45) is 0 Å². The minimum atomic E-state index is -0.492. The topological polar surface area (TPSA) is 64.4 Å². The van der Waals surface area contributed by atoms with E-state index in [1.165, 1.54) is 27.3 Å². The van der Waals surface area contributed by atoms with Crippen molar-refractivity contribution in [3.63, 3.8) is 0 Å². The van der Waals surface area contributed by atoms with Crippen molar-refractivity contribution in [1.29, 1.82) is 0 Å². The summed E-state index contributed by atoms with van der Waals surface area (Å²) in [4.78, 5) is 35.1. The Morgan fingerprint density at radius 3 is 2.70 bits per heavy atom. The molecule has 0 saturated carbocycles. The first kappa shape index (κ1) is 22.6. The summed E-state index contributed by atoms with van der Waals surface area (Å²) in [6.45, 7) is 4.97. The lowest BCUT2D eigenvalue weighted by Crippen LogP contribution is -2.48. The maximum atomic E-state index is 14.8. The lowest BCUT2D eigenvalue weighted by Gasteiger charge is -2.35. The number of rotatable bonds is 4. The quantitative estimate of drug-likeness (QED) is 0.408. The van der Waals surface area contributed by atoms with Gasteiger partial charge in [-0.05, 0) is 57.2 Å². The number of halogens is 1. The Morgan fingerprint density at radius 1 is 1.21 bits per heavy atom. The van der Waals surface area contributed by atoms with Gasteiger partial charge in [-0.1, -0.05) is 23.9 Å². The van der Waals surface area contributed by atoms with Crippen LogP contribution in [0.3, 0.4) is 0 Å². The van der Waals surface area contributed by atoms with Gasteiger partial charge in [-0.2, -0.15) is 0 Å². The molecule has 0 spiro atoms. The molecule has 3 aromatic rings. The Hall–Kier alpha value is -2.23. The molecule has 3 heterocycles. The molecule has 1 saturated heterocycles. The van der Waals surface area contributed by atoms with Crippen LogP contribution in [0.2, 0.25) is 0 Å². The molecule has 1 aromatic carbocycles. The van der Waals surface area contributed by atoms with Crippen LogP contribution in [0, 0.1) is 5.82 Å². The zero-order valence-electron chi connectivity index (χ0n) is 18.7. The van der Waals surface area contributed by atoms with Crippen molar-refractivity contribution in [2.75, 3.05) is 18.8 Å². The Balaban J connectivity index is 1.55. The number of fused-ring (bicyclic) bond motifs is 3. The fraction of sp³-hybridized carbons (Fsp3) is 0.458. The summed E-state index contributed by atoms with van der Waals surface area (Å²) in [7, 11) is 0. The zero-order chi connectivity index (χ0) is 23.1. The van der Waals surface area contributed by atoms with Crippen LogP contribution in [0.1, 0.15) is 37.1 Å². The zero-order valence-corrected chi connectivity index (χ0v) is 20.3. The number of nitrogens with zero attached hydrogens (tertiary/aromatic N) is 3. The monoisotopic (exact) mass is 487 g/mol. The van der Waals surface area contributed by atoms with Gasteiger partial charge in [-0.15, -0.1) is 11.3 Å². The van der Waals surface area contributed by atoms with Crippen molar-refractivity contribution < 1.29 is 13.9 Å². The van der Waals surface area contributed by atoms with Crippen molar-refractivity contribution in [1.82, 2.24) is 14.5 Å². The number of benzene rings is 1. The lowest BCUT2D eigenvalue weighted by atomic mass is 9.97. The molecule has 1 fully saturated rings. The number of hydrogen-bond acceptors (Lipinski definition) is 6. The van der Waals surface area contributed by atoms with Gasteiger partial charge < -0.3 is 9.64 Å². The average Bonchev–Trinajstić information content (AvgIpc) is 3.16. The van der Waals surface area contributed by atoms with Crippen LogP contribution in [0.15, 0.2) is 34.2 Å². The highest BCUT2D eigenvalue weighted by Gasteiger charge is 2.27. The largest absolute Gasteiger partial charge is 0.372 e. The van der Waals surface area contributed by atoms with Crippen LogP contribution in [-0.2, 0) is 22.4 Å². The average molecular weight is 488 g/mol. The number of hydrogen-bond donors (Lipinski definition) is 0. The van der Waals surface area contributed by atoms with Gasteiger partial charge in [0.05, 0.1) is 29.0 Å². The molecular formula is C24H26FN3O3S2. The Labute approximate surface area is 199 Å². The van der Waals surface area contributed by atoms with Gasteiger partial charge in [0.2, 0.25) is 5.91 Å². The summed E-state index contributed by atoms with van der Waals surface area (Å²) >= 11 is 2.75. The van der Waals surface area contributed by atoms with Crippen LogP contribution in [0.25, 0.3) is 15.9 Å². The van der Waals surface area contributed by atoms with E-state index < -0.39 is 5.82 Å². The third kappa shape index (κ3) is 4.34. The second kappa shape index (κ2) is 9.19. The fourth-order valence-corrected chi connectivity index (χ4v) is 6.94.